The van der Waals surface area contributed by atoms with Gasteiger partial charge >= 0.3 is 0 Å². The lowest BCUT2D eigenvalue weighted by Gasteiger charge is -2.36. The van der Waals surface area contributed by atoms with Gasteiger partial charge in [0.2, 0.25) is 0 Å². The molecule has 4 aromatic rings. The van der Waals surface area contributed by atoms with E-state index in [0.29, 0.717) is 0 Å². The highest BCUT2D eigenvalue weighted by atomic mass is 15.4. The van der Waals surface area contributed by atoms with Crippen molar-refractivity contribution in [2.45, 2.75) is 12.5 Å². The summed E-state index contributed by atoms with van der Waals surface area (Å²) in [6.07, 6.45) is 1.62. The SMILES string of the molecule is Cc1ncnn1C(c1ccccc1)(c1ccccc1)c1ccccc1. The van der Waals surface area contributed by atoms with Crippen LogP contribution < -0.4 is 0 Å². The number of aryl methyl sites for hydroxylation is 1. The van der Waals surface area contributed by atoms with Gasteiger partial charge in [0.1, 0.15) is 17.7 Å². The average Bonchev–Trinajstić information content (AvgIpc) is 3.12. The maximum atomic E-state index is 4.62. The topological polar surface area (TPSA) is 30.7 Å². The maximum absolute atomic E-state index is 4.62. The third-order valence-electron chi connectivity index (χ3n) is 4.61. The van der Waals surface area contributed by atoms with Crippen LogP contribution in [-0.4, -0.2) is 14.8 Å². The van der Waals surface area contributed by atoms with Gasteiger partial charge in [0.15, 0.2) is 0 Å². The van der Waals surface area contributed by atoms with Crippen molar-refractivity contribution in [3.05, 3.63) is 120 Å². The molecule has 1 aromatic heterocycles. The first-order valence-electron chi connectivity index (χ1n) is 8.37. The molecular weight excluding hydrogens is 306 g/mol. The van der Waals surface area contributed by atoms with Gasteiger partial charge in [0.05, 0.1) is 0 Å². The van der Waals surface area contributed by atoms with Gasteiger partial charge in [-0.05, 0) is 23.6 Å². The highest BCUT2D eigenvalue weighted by Gasteiger charge is 2.40. The van der Waals surface area contributed by atoms with Crippen LogP contribution in [0.5, 0.6) is 0 Å². The molecule has 3 nitrogen and oxygen atoms in total. The van der Waals surface area contributed by atoms with Gasteiger partial charge in [-0.1, -0.05) is 91.0 Å². The molecule has 0 aliphatic rings. The summed E-state index contributed by atoms with van der Waals surface area (Å²) < 4.78 is 2.02. The Morgan fingerprint density at radius 2 is 1.04 bits per heavy atom. The number of aromatic nitrogens is 3. The summed E-state index contributed by atoms with van der Waals surface area (Å²) in [6.45, 7) is 2.00. The van der Waals surface area contributed by atoms with Crippen LogP contribution in [0.1, 0.15) is 22.5 Å². The maximum Gasteiger partial charge on any atom is 0.140 e. The average molecular weight is 325 g/mol. The number of hydrogen-bond donors (Lipinski definition) is 0. The molecular formula is C22H19N3. The summed E-state index contributed by atoms with van der Waals surface area (Å²) in [5.41, 5.74) is 2.90. The zero-order valence-electron chi connectivity index (χ0n) is 14.1. The van der Waals surface area contributed by atoms with Crippen LogP contribution >= 0.6 is 0 Å². The van der Waals surface area contributed by atoms with Gasteiger partial charge in [0.25, 0.3) is 0 Å². The van der Waals surface area contributed by atoms with E-state index in [9.17, 15) is 0 Å². The van der Waals surface area contributed by atoms with E-state index >= 15 is 0 Å². The lowest BCUT2D eigenvalue weighted by Crippen LogP contribution is -2.39. The van der Waals surface area contributed by atoms with E-state index in [2.05, 4.69) is 82.9 Å². The first-order chi connectivity index (χ1) is 12.3. The molecule has 0 amide bonds. The van der Waals surface area contributed by atoms with E-state index in [1.165, 1.54) is 0 Å². The Balaban J connectivity index is 2.15. The lowest BCUT2D eigenvalue weighted by atomic mass is 9.77. The van der Waals surface area contributed by atoms with Crippen LogP contribution in [0.3, 0.4) is 0 Å². The van der Waals surface area contributed by atoms with Crippen molar-refractivity contribution in [3.63, 3.8) is 0 Å². The van der Waals surface area contributed by atoms with Crippen molar-refractivity contribution >= 4 is 0 Å². The van der Waals surface area contributed by atoms with E-state index in [1.807, 2.05) is 29.8 Å². The van der Waals surface area contributed by atoms with Crippen LogP contribution in [0.2, 0.25) is 0 Å². The molecule has 4 rings (SSSR count). The Morgan fingerprint density at radius 1 is 0.640 bits per heavy atom. The Hall–Kier alpha value is -3.20. The number of benzene rings is 3. The first kappa shape index (κ1) is 15.3. The molecule has 0 spiro atoms. The second-order valence-electron chi connectivity index (χ2n) is 6.03. The third kappa shape index (κ3) is 2.45. The van der Waals surface area contributed by atoms with Gasteiger partial charge in [-0.2, -0.15) is 5.10 Å². The molecule has 0 N–H and O–H groups in total. The van der Waals surface area contributed by atoms with Gasteiger partial charge < -0.3 is 0 Å². The molecule has 25 heavy (non-hydrogen) atoms. The normalized spacial score (nSPS) is 11.4. The van der Waals surface area contributed by atoms with Crippen molar-refractivity contribution in [1.82, 2.24) is 14.8 Å². The minimum atomic E-state index is -0.565. The second-order valence-corrected chi connectivity index (χ2v) is 6.03. The molecule has 0 fully saturated rings. The summed E-state index contributed by atoms with van der Waals surface area (Å²) in [4.78, 5) is 4.41. The number of hydrogen-bond acceptors (Lipinski definition) is 2. The fourth-order valence-corrected chi connectivity index (χ4v) is 3.53. The summed E-state index contributed by atoms with van der Waals surface area (Å²) in [5.74, 6) is 0.872. The van der Waals surface area contributed by atoms with Gasteiger partial charge in [-0.3, -0.25) is 0 Å². The van der Waals surface area contributed by atoms with Crippen molar-refractivity contribution in [3.8, 4) is 0 Å². The van der Waals surface area contributed by atoms with Crippen molar-refractivity contribution in [2.24, 2.45) is 0 Å². The molecule has 0 saturated heterocycles. The highest BCUT2D eigenvalue weighted by molar-refractivity contribution is 5.50. The molecule has 0 unspecified atom stereocenters. The predicted octanol–water partition coefficient (Wildman–Crippen LogP) is 4.43. The van der Waals surface area contributed by atoms with E-state index in [-0.39, 0.29) is 0 Å². The Bertz CT molecular complexity index is 848. The lowest BCUT2D eigenvalue weighted by molar-refractivity contribution is 0.447. The van der Waals surface area contributed by atoms with E-state index in [4.69, 9.17) is 0 Å². The van der Waals surface area contributed by atoms with Crippen LogP contribution in [0.4, 0.5) is 0 Å². The molecule has 0 atom stereocenters. The monoisotopic (exact) mass is 325 g/mol. The third-order valence-corrected chi connectivity index (χ3v) is 4.61. The summed E-state index contributed by atoms with van der Waals surface area (Å²) in [7, 11) is 0. The van der Waals surface area contributed by atoms with Crippen LogP contribution in [0, 0.1) is 6.92 Å². The second kappa shape index (κ2) is 6.36. The largest absolute Gasteiger partial charge is 0.231 e. The van der Waals surface area contributed by atoms with E-state index < -0.39 is 5.54 Å². The molecule has 3 aromatic carbocycles. The van der Waals surface area contributed by atoms with E-state index in [1.54, 1.807) is 6.33 Å². The number of nitrogens with zero attached hydrogens (tertiary/aromatic N) is 3. The Kier molecular flexibility index (Phi) is 3.90. The van der Waals surface area contributed by atoms with Crippen molar-refractivity contribution < 1.29 is 0 Å². The van der Waals surface area contributed by atoms with Crippen LogP contribution in [0.15, 0.2) is 97.3 Å². The summed E-state index contributed by atoms with van der Waals surface area (Å²) >= 11 is 0. The summed E-state index contributed by atoms with van der Waals surface area (Å²) in [5, 5.41) is 4.62. The smallest absolute Gasteiger partial charge is 0.140 e. The molecule has 3 heteroatoms. The zero-order valence-corrected chi connectivity index (χ0v) is 14.1. The fraction of sp³-hybridized carbons (Fsp3) is 0.0909. The highest BCUT2D eigenvalue weighted by Crippen LogP contribution is 2.40. The fourth-order valence-electron chi connectivity index (χ4n) is 3.53. The molecule has 0 saturated carbocycles. The minimum absolute atomic E-state index is 0.565. The zero-order chi connectivity index (χ0) is 17.1. The Morgan fingerprint density at radius 3 is 1.36 bits per heavy atom. The van der Waals surface area contributed by atoms with Crippen LogP contribution in [0.25, 0.3) is 0 Å². The predicted molar refractivity (Wildman–Crippen MR) is 99.4 cm³/mol. The molecule has 0 bridgehead atoms. The molecule has 0 radical (unpaired) electrons. The quantitative estimate of drug-likeness (QED) is 0.520. The Labute approximate surface area is 147 Å². The van der Waals surface area contributed by atoms with Gasteiger partial charge in [-0.15, -0.1) is 0 Å². The van der Waals surface area contributed by atoms with E-state index in [0.717, 1.165) is 22.5 Å². The molecule has 1 heterocycles. The van der Waals surface area contributed by atoms with Gasteiger partial charge in [-0.25, -0.2) is 9.67 Å². The van der Waals surface area contributed by atoms with Gasteiger partial charge in [0, 0.05) is 0 Å². The standard InChI is InChI=1S/C22H19N3/c1-18-23-17-24-25(18)22(19-11-5-2-6-12-19,20-13-7-3-8-14-20)21-15-9-4-10-16-21/h2-17H,1H3. The number of rotatable bonds is 4. The summed E-state index contributed by atoms with van der Waals surface area (Å²) in [6, 6.07) is 31.5. The molecule has 0 aliphatic heterocycles. The van der Waals surface area contributed by atoms with Crippen molar-refractivity contribution in [1.29, 1.82) is 0 Å². The first-order valence-corrected chi connectivity index (χ1v) is 8.37. The molecule has 122 valence electrons. The molecule has 0 aliphatic carbocycles. The minimum Gasteiger partial charge on any atom is -0.231 e. The van der Waals surface area contributed by atoms with Crippen LogP contribution in [-0.2, 0) is 5.54 Å². The van der Waals surface area contributed by atoms with Crippen molar-refractivity contribution in [2.75, 3.05) is 0 Å².